The first-order valence-electron chi connectivity index (χ1n) is 8.08. The lowest BCUT2D eigenvalue weighted by Crippen LogP contribution is -2.44. The Morgan fingerprint density at radius 1 is 1.35 bits per heavy atom. The summed E-state index contributed by atoms with van der Waals surface area (Å²) in [5, 5.41) is 4.64. The van der Waals surface area contributed by atoms with E-state index in [0.717, 1.165) is 30.8 Å². The van der Waals surface area contributed by atoms with Gasteiger partial charge in [-0.05, 0) is 38.5 Å². The van der Waals surface area contributed by atoms with E-state index in [4.69, 9.17) is 4.74 Å². The van der Waals surface area contributed by atoms with Gasteiger partial charge in [0.1, 0.15) is 5.41 Å². The number of carbonyl (C=O) groups excluding carboxylic acids is 2. The van der Waals surface area contributed by atoms with E-state index >= 15 is 0 Å². The standard InChI is InChI=1S/C16H23N3O3S/c1-19-10-9-17-15(19)23-12-5-3-11(4-6-12)18-13(20)16(7-8-16)14(21)22-2/h9-12H,3-8H2,1-2H3,(H,18,20). The number of nitrogens with zero attached hydrogens (tertiary/aromatic N) is 2. The number of imidazole rings is 1. The molecule has 1 amide bonds. The summed E-state index contributed by atoms with van der Waals surface area (Å²) in [7, 11) is 3.35. The van der Waals surface area contributed by atoms with Crippen LogP contribution < -0.4 is 5.32 Å². The van der Waals surface area contributed by atoms with Crippen LogP contribution in [-0.2, 0) is 21.4 Å². The smallest absolute Gasteiger partial charge is 0.321 e. The number of aromatic nitrogens is 2. The number of hydrogen-bond donors (Lipinski definition) is 1. The van der Waals surface area contributed by atoms with Gasteiger partial charge >= 0.3 is 5.97 Å². The van der Waals surface area contributed by atoms with E-state index in [-0.39, 0.29) is 11.9 Å². The molecule has 0 saturated heterocycles. The van der Waals surface area contributed by atoms with Gasteiger partial charge in [0.2, 0.25) is 5.91 Å². The summed E-state index contributed by atoms with van der Waals surface area (Å²) in [4.78, 5) is 28.4. The molecular weight excluding hydrogens is 314 g/mol. The molecule has 6 nitrogen and oxygen atoms in total. The zero-order chi connectivity index (χ0) is 16.4. The maximum absolute atomic E-state index is 12.3. The second kappa shape index (κ2) is 6.55. The van der Waals surface area contributed by atoms with E-state index in [1.165, 1.54) is 7.11 Å². The van der Waals surface area contributed by atoms with Crippen LogP contribution in [-0.4, -0.2) is 39.8 Å². The first-order chi connectivity index (χ1) is 11.0. The Kier molecular flexibility index (Phi) is 4.66. The highest BCUT2D eigenvalue weighted by molar-refractivity contribution is 7.99. The number of amides is 1. The summed E-state index contributed by atoms with van der Waals surface area (Å²) in [5.41, 5.74) is -0.896. The molecule has 2 fully saturated rings. The van der Waals surface area contributed by atoms with Crippen molar-refractivity contribution < 1.29 is 14.3 Å². The molecule has 126 valence electrons. The second-order valence-electron chi connectivity index (χ2n) is 6.46. The summed E-state index contributed by atoms with van der Waals surface area (Å²) in [6, 6.07) is 0.169. The third-order valence-electron chi connectivity index (χ3n) is 4.82. The zero-order valence-electron chi connectivity index (χ0n) is 13.6. The van der Waals surface area contributed by atoms with Gasteiger partial charge in [-0.25, -0.2) is 4.98 Å². The molecule has 0 atom stereocenters. The van der Waals surface area contributed by atoms with Gasteiger partial charge in [-0.15, -0.1) is 0 Å². The number of ether oxygens (including phenoxy) is 1. The van der Waals surface area contributed by atoms with Crippen LogP contribution in [0.1, 0.15) is 38.5 Å². The normalized spacial score (nSPS) is 25.7. The SMILES string of the molecule is COC(=O)C1(C(=O)NC2CCC(Sc3nccn3C)CC2)CC1. The molecule has 0 radical (unpaired) electrons. The Labute approximate surface area is 140 Å². The number of hydrogen-bond acceptors (Lipinski definition) is 5. The van der Waals surface area contributed by atoms with Gasteiger partial charge in [-0.3, -0.25) is 9.59 Å². The fourth-order valence-electron chi connectivity index (χ4n) is 3.11. The fraction of sp³-hybridized carbons (Fsp3) is 0.688. The van der Waals surface area contributed by atoms with Gasteiger partial charge in [-0.2, -0.15) is 0 Å². The van der Waals surface area contributed by atoms with Gasteiger partial charge < -0.3 is 14.6 Å². The van der Waals surface area contributed by atoms with Crippen LogP contribution in [0.4, 0.5) is 0 Å². The fourth-order valence-corrected chi connectivity index (χ4v) is 4.26. The lowest BCUT2D eigenvalue weighted by molar-refractivity contribution is -0.152. The molecule has 23 heavy (non-hydrogen) atoms. The van der Waals surface area contributed by atoms with Gasteiger partial charge in [0.15, 0.2) is 5.16 Å². The molecule has 1 N–H and O–H groups in total. The average molecular weight is 337 g/mol. The number of methoxy groups -OCH3 is 1. The number of thioether (sulfide) groups is 1. The predicted octanol–water partition coefficient (Wildman–Crippen LogP) is 1.89. The van der Waals surface area contributed by atoms with Crippen molar-refractivity contribution in [3.8, 4) is 0 Å². The van der Waals surface area contributed by atoms with Crippen molar-refractivity contribution in [2.24, 2.45) is 12.5 Å². The van der Waals surface area contributed by atoms with E-state index in [2.05, 4.69) is 10.3 Å². The van der Waals surface area contributed by atoms with Crippen molar-refractivity contribution in [3.63, 3.8) is 0 Å². The van der Waals surface area contributed by atoms with Crippen LogP contribution in [0.15, 0.2) is 17.6 Å². The average Bonchev–Trinajstić information content (AvgIpc) is 3.28. The molecule has 0 unspecified atom stereocenters. The molecule has 7 heteroatoms. The van der Waals surface area contributed by atoms with E-state index in [0.29, 0.717) is 18.1 Å². The Hall–Kier alpha value is -1.50. The lowest BCUT2D eigenvalue weighted by atomic mass is 9.94. The first-order valence-corrected chi connectivity index (χ1v) is 8.96. The highest BCUT2D eigenvalue weighted by atomic mass is 32.2. The largest absolute Gasteiger partial charge is 0.468 e. The quantitative estimate of drug-likeness (QED) is 0.656. The van der Waals surface area contributed by atoms with E-state index in [1.54, 1.807) is 0 Å². The van der Waals surface area contributed by atoms with Crippen LogP contribution in [0.2, 0.25) is 0 Å². The molecule has 1 aromatic rings. The zero-order valence-corrected chi connectivity index (χ0v) is 14.4. The van der Waals surface area contributed by atoms with Crippen molar-refractivity contribution in [2.45, 2.75) is 55.0 Å². The molecule has 0 spiro atoms. The summed E-state index contributed by atoms with van der Waals surface area (Å²) in [6.45, 7) is 0. The third kappa shape index (κ3) is 3.39. The van der Waals surface area contributed by atoms with Crippen molar-refractivity contribution in [2.75, 3.05) is 7.11 Å². The number of rotatable bonds is 5. The molecule has 2 aliphatic rings. The Balaban J connectivity index is 1.47. The minimum Gasteiger partial charge on any atom is -0.468 e. The Morgan fingerprint density at radius 2 is 2.04 bits per heavy atom. The summed E-state index contributed by atoms with van der Waals surface area (Å²) >= 11 is 1.81. The van der Waals surface area contributed by atoms with Crippen molar-refractivity contribution in [1.29, 1.82) is 0 Å². The van der Waals surface area contributed by atoms with Crippen molar-refractivity contribution >= 4 is 23.6 Å². The van der Waals surface area contributed by atoms with Crippen LogP contribution >= 0.6 is 11.8 Å². The highest BCUT2D eigenvalue weighted by Gasteiger charge is 2.58. The van der Waals surface area contributed by atoms with Gasteiger partial charge in [0.25, 0.3) is 0 Å². The number of aryl methyl sites for hydroxylation is 1. The highest BCUT2D eigenvalue weighted by Crippen LogP contribution is 2.47. The lowest BCUT2D eigenvalue weighted by Gasteiger charge is -2.29. The molecule has 0 aliphatic heterocycles. The van der Waals surface area contributed by atoms with Crippen LogP contribution in [0.5, 0.6) is 0 Å². The monoisotopic (exact) mass is 337 g/mol. The van der Waals surface area contributed by atoms with Gasteiger partial charge in [-0.1, -0.05) is 11.8 Å². The maximum atomic E-state index is 12.3. The number of nitrogens with one attached hydrogen (secondary N) is 1. The molecule has 2 aliphatic carbocycles. The summed E-state index contributed by atoms with van der Waals surface area (Å²) in [6.07, 6.45) is 8.98. The van der Waals surface area contributed by atoms with Gasteiger partial charge in [0, 0.05) is 30.7 Å². The first kappa shape index (κ1) is 16.4. The van der Waals surface area contributed by atoms with E-state index in [9.17, 15) is 9.59 Å². The summed E-state index contributed by atoms with van der Waals surface area (Å²) in [5.74, 6) is -0.543. The van der Waals surface area contributed by atoms with Crippen molar-refractivity contribution in [1.82, 2.24) is 14.9 Å². The third-order valence-corrected chi connectivity index (χ3v) is 6.23. The van der Waals surface area contributed by atoms with Crippen LogP contribution in [0.3, 0.4) is 0 Å². The van der Waals surface area contributed by atoms with Crippen LogP contribution in [0.25, 0.3) is 0 Å². The second-order valence-corrected chi connectivity index (χ2v) is 7.73. The predicted molar refractivity (Wildman–Crippen MR) is 86.9 cm³/mol. The molecule has 3 rings (SSSR count). The molecule has 0 bridgehead atoms. The van der Waals surface area contributed by atoms with Crippen molar-refractivity contribution in [3.05, 3.63) is 12.4 Å². The molecule has 2 saturated carbocycles. The molecule has 0 aromatic carbocycles. The van der Waals surface area contributed by atoms with E-state index < -0.39 is 11.4 Å². The molecule has 1 aromatic heterocycles. The molecular formula is C16H23N3O3S. The number of carbonyl (C=O) groups is 2. The van der Waals surface area contributed by atoms with Gasteiger partial charge in [0.05, 0.1) is 7.11 Å². The van der Waals surface area contributed by atoms with E-state index in [1.807, 2.05) is 35.8 Å². The minimum absolute atomic E-state index is 0.149. The maximum Gasteiger partial charge on any atom is 0.321 e. The van der Waals surface area contributed by atoms with Crippen LogP contribution in [0, 0.1) is 5.41 Å². The Bertz CT molecular complexity index is 589. The number of esters is 1. The minimum atomic E-state index is -0.896. The molecule has 1 heterocycles. The topological polar surface area (TPSA) is 73.2 Å². The summed E-state index contributed by atoms with van der Waals surface area (Å²) < 4.78 is 6.80. The Morgan fingerprint density at radius 3 is 2.57 bits per heavy atom.